The van der Waals surface area contributed by atoms with Gasteiger partial charge < -0.3 is 9.80 Å². The number of para-hydroxylation sites is 1. The molecule has 0 bridgehead atoms. The van der Waals surface area contributed by atoms with Gasteiger partial charge in [0.05, 0.1) is 5.52 Å². The molecule has 0 spiro atoms. The monoisotopic (exact) mass is 443 g/mol. The van der Waals surface area contributed by atoms with Crippen LogP contribution < -0.4 is 14.5 Å². The SMILES string of the molecule is CN(C)c1nc(N2CCC(CNS(=O)(=O)c3ccccc3F)CC2)nc2ccccc12. The van der Waals surface area contributed by atoms with Gasteiger partial charge in [0.2, 0.25) is 16.0 Å². The largest absolute Gasteiger partial charge is 0.362 e. The maximum absolute atomic E-state index is 13.8. The fourth-order valence-corrected chi connectivity index (χ4v) is 5.03. The molecule has 0 aliphatic carbocycles. The molecule has 1 N–H and O–H groups in total. The first-order valence-corrected chi connectivity index (χ1v) is 11.8. The van der Waals surface area contributed by atoms with Gasteiger partial charge in [0.25, 0.3) is 0 Å². The molecule has 2 heterocycles. The van der Waals surface area contributed by atoms with Crippen molar-refractivity contribution in [3.05, 3.63) is 54.3 Å². The minimum Gasteiger partial charge on any atom is -0.362 e. The van der Waals surface area contributed by atoms with Gasteiger partial charge in [-0.2, -0.15) is 4.98 Å². The van der Waals surface area contributed by atoms with E-state index in [2.05, 4.69) is 9.62 Å². The molecule has 1 saturated heterocycles. The molecule has 3 aromatic rings. The standard InChI is InChI=1S/C22H26FN5O2S/c1-27(2)21-17-7-3-5-9-19(17)25-22(26-21)28-13-11-16(12-14-28)15-24-31(29,30)20-10-6-4-8-18(20)23/h3-10,16,24H,11-15H2,1-2H3. The van der Waals surface area contributed by atoms with Crippen LogP contribution in [-0.2, 0) is 10.0 Å². The van der Waals surface area contributed by atoms with Gasteiger partial charge in [0.1, 0.15) is 16.5 Å². The Labute approximate surface area is 182 Å². The minimum atomic E-state index is -3.86. The number of hydrogen-bond donors (Lipinski definition) is 1. The number of piperidine rings is 1. The highest BCUT2D eigenvalue weighted by Crippen LogP contribution is 2.27. The molecule has 0 saturated carbocycles. The summed E-state index contributed by atoms with van der Waals surface area (Å²) in [6.45, 7) is 1.75. The first-order chi connectivity index (χ1) is 14.8. The molecule has 2 aromatic carbocycles. The number of nitrogens with one attached hydrogen (secondary N) is 1. The van der Waals surface area contributed by atoms with E-state index in [0.717, 1.165) is 48.7 Å². The molecule has 1 aliphatic heterocycles. The molecule has 31 heavy (non-hydrogen) atoms. The smallest absolute Gasteiger partial charge is 0.243 e. The summed E-state index contributed by atoms with van der Waals surface area (Å²) in [7, 11) is 0.0652. The van der Waals surface area contributed by atoms with E-state index < -0.39 is 15.8 Å². The Hall–Kier alpha value is -2.78. The number of aromatic nitrogens is 2. The minimum absolute atomic E-state index is 0.173. The van der Waals surface area contributed by atoms with E-state index in [-0.39, 0.29) is 17.4 Å². The Morgan fingerprint density at radius 3 is 2.45 bits per heavy atom. The second-order valence-electron chi connectivity index (χ2n) is 7.97. The third-order valence-electron chi connectivity index (χ3n) is 5.58. The lowest BCUT2D eigenvalue weighted by Gasteiger charge is -2.32. The number of fused-ring (bicyclic) bond motifs is 1. The lowest BCUT2D eigenvalue weighted by Crippen LogP contribution is -2.39. The molecule has 1 aliphatic rings. The molecule has 0 atom stereocenters. The summed E-state index contributed by atoms with van der Waals surface area (Å²) in [5, 5.41) is 1.01. The third kappa shape index (κ3) is 4.62. The topological polar surface area (TPSA) is 78.4 Å². The Bertz CT molecular complexity index is 1180. The second kappa shape index (κ2) is 8.76. The maximum Gasteiger partial charge on any atom is 0.243 e. The Morgan fingerprint density at radius 2 is 1.74 bits per heavy atom. The van der Waals surface area contributed by atoms with Gasteiger partial charge in [-0.15, -0.1) is 0 Å². The summed E-state index contributed by atoms with van der Waals surface area (Å²) in [4.78, 5) is 13.3. The second-order valence-corrected chi connectivity index (χ2v) is 9.71. The summed E-state index contributed by atoms with van der Waals surface area (Å²) in [5.74, 6) is 0.995. The van der Waals surface area contributed by atoms with Crippen LogP contribution in [0.5, 0.6) is 0 Å². The van der Waals surface area contributed by atoms with Gasteiger partial charge in [-0.1, -0.05) is 24.3 Å². The van der Waals surface area contributed by atoms with Crippen molar-refractivity contribution in [3.8, 4) is 0 Å². The first-order valence-electron chi connectivity index (χ1n) is 10.3. The number of sulfonamides is 1. The number of halogens is 1. The highest BCUT2D eigenvalue weighted by Gasteiger charge is 2.25. The van der Waals surface area contributed by atoms with Crippen LogP contribution in [0.1, 0.15) is 12.8 Å². The molecule has 7 nitrogen and oxygen atoms in total. The van der Waals surface area contributed by atoms with Crippen LogP contribution in [0, 0.1) is 11.7 Å². The number of nitrogens with zero attached hydrogens (tertiary/aromatic N) is 4. The van der Waals surface area contributed by atoms with Crippen LogP contribution in [0.3, 0.4) is 0 Å². The predicted octanol–water partition coefficient (Wildman–Crippen LogP) is 3.03. The summed E-state index contributed by atoms with van der Waals surface area (Å²) in [6, 6.07) is 13.4. The molecule has 1 aromatic heterocycles. The first kappa shape index (κ1) is 21.5. The van der Waals surface area contributed by atoms with Crippen molar-refractivity contribution in [2.24, 2.45) is 5.92 Å². The maximum atomic E-state index is 13.8. The Kier molecular flexibility index (Phi) is 6.06. The van der Waals surface area contributed by atoms with Gasteiger partial charge in [0, 0.05) is 39.1 Å². The van der Waals surface area contributed by atoms with Crippen LogP contribution >= 0.6 is 0 Å². The number of benzene rings is 2. The molecule has 0 amide bonds. The van der Waals surface area contributed by atoms with E-state index in [1.54, 1.807) is 0 Å². The normalized spacial score (nSPS) is 15.4. The molecule has 4 rings (SSSR count). The third-order valence-corrected chi connectivity index (χ3v) is 7.04. The summed E-state index contributed by atoms with van der Waals surface area (Å²) in [5.41, 5.74) is 0.899. The van der Waals surface area contributed by atoms with Crippen molar-refractivity contribution in [2.45, 2.75) is 17.7 Å². The number of anilines is 2. The number of hydrogen-bond acceptors (Lipinski definition) is 6. The van der Waals surface area contributed by atoms with Crippen molar-refractivity contribution in [1.29, 1.82) is 0 Å². The van der Waals surface area contributed by atoms with Crippen molar-refractivity contribution >= 4 is 32.7 Å². The van der Waals surface area contributed by atoms with E-state index >= 15 is 0 Å². The zero-order valence-corrected chi connectivity index (χ0v) is 18.4. The van der Waals surface area contributed by atoms with Gasteiger partial charge in [-0.25, -0.2) is 22.5 Å². The van der Waals surface area contributed by atoms with E-state index in [9.17, 15) is 12.8 Å². The lowest BCUT2D eigenvalue weighted by atomic mass is 9.97. The fraction of sp³-hybridized carbons (Fsp3) is 0.364. The molecule has 1 fully saturated rings. The average molecular weight is 444 g/mol. The predicted molar refractivity (Wildman–Crippen MR) is 120 cm³/mol. The zero-order chi connectivity index (χ0) is 22.0. The fourth-order valence-electron chi connectivity index (χ4n) is 3.84. The van der Waals surface area contributed by atoms with Gasteiger partial charge >= 0.3 is 0 Å². The molecule has 164 valence electrons. The van der Waals surface area contributed by atoms with Crippen LogP contribution in [0.2, 0.25) is 0 Å². The van der Waals surface area contributed by atoms with E-state index in [4.69, 9.17) is 9.97 Å². The van der Waals surface area contributed by atoms with Gasteiger partial charge in [-0.3, -0.25) is 0 Å². The van der Waals surface area contributed by atoms with Crippen LogP contribution in [-0.4, -0.2) is 52.1 Å². The van der Waals surface area contributed by atoms with Gasteiger partial charge in [0.15, 0.2) is 0 Å². The highest BCUT2D eigenvalue weighted by molar-refractivity contribution is 7.89. The lowest BCUT2D eigenvalue weighted by molar-refractivity contribution is 0.399. The van der Waals surface area contributed by atoms with Crippen molar-refractivity contribution < 1.29 is 12.8 Å². The summed E-state index contributed by atoms with van der Waals surface area (Å²) >= 11 is 0. The Morgan fingerprint density at radius 1 is 1.06 bits per heavy atom. The van der Waals surface area contributed by atoms with Crippen LogP contribution in [0.4, 0.5) is 16.2 Å². The van der Waals surface area contributed by atoms with Crippen LogP contribution in [0.25, 0.3) is 10.9 Å². The molecule has 0 radical (unpaired) electrons. The van der Waals surface area contributed by atoms with Crippen LogP contribution in [0.15, 0.2) is 53.4 Å². The van der Waals surface area contributed by atoms with Crippen molar-refractivity contribution in [2.75, 3.05) is 43.5 Å². The average Bonchev–Trinajstić information content (AvgIpc) is 2.77. The van der Waals surface area contributed by atoms with E-state index in [1.807, 2.05) is 43.3 Å². The van der Waals surface area contributed by atoms with E-state index in [0.29, 0.717) is 5.95 Å². The van der Waals surface area contributed by atoms with Gasteiger partial charge in [-0.05, 0) is 43.0 Å². The highest BCUT2D eigenvalue weighted by atomic mass is 32.2. The zero-order valence-electron chi connectivity index (χ0n) is 17.6. The van der Waals surface area contributed by atoms with E-state index in [1.165, 1.54) is 18.2 Å². The molecular weight excluding hydrogens is 417 g/mol. The van der Waals surface area contributed by atoms with Crippen molar-refractivity contribution in [3.63, 3.8) is 0 Å². The number of rotatable bonds is 6. The van der Waals surface area contributed by atoms with Crippen molar-refractivity contribution in [1.82, 2.24) is 14.7 Å². The summed E-state index contributed by atoms with van der Waals surface area (Å²) in [6.07, 6.45) is 1.60. The molecule has 0 unspecified atom stereocenters. The summed E-state index contributed by atoms with van der Waals surface area (Å²) < 4.78 is 41.3. The Balaban J connectivity index is 1.42. The molecular formula is C22H26FN5O2S. The quantitative estimate of drug-likeness (QED) is 0.631. The molecule has 9 heteroatoms.